The Morgan fingerprint density at radius 3 is 2.50 bits per heavy atom. The molecule has 2 fully saturated rings. The number of hydrogen-bond donors (Lipinski definition) is 1. The third-order valence-electron chi connectivity index (χ3n) is 5.72. The van der Waals surface area contributed by atoms with Gasteiger partial charge in [0, 0.05) is 25.6 Å². The number of amides is 1. The van der Waals surface area contributed by atoms with Crippen LogP contribution in [0.3, 0.4) is 0 Å². The molecular weight excluding hydrogens is 330 g/mol. The maximum absolute atomic E-state index is 12.3. The minimum atomic E-state index is -0.636. The van der Waals surface area contributed by atoms with E-state index in [1.165, 1.54) is 17.7 Å². The van der Waals surface area contributed by atoms with Gasteiger partial charge in [0.05, 0.1) is 12.1 Å². The Kier molecular flexibility index (Phi) is 4.54. The summed E-state index contributed by atoms with van der Waals surface area (Å²) < 4.78 is 0. The Hall–Kier alpha value is -2.18. The smallest absolute Gasteiger partial charge is 0.287 e. The molecule has 1 aromatic rings. The summed E-state index contributed by atoms with van der Waals surface area (Å²) in [6, 6.07) is 9.49. The number of aliphatic hydroxyl groups is 1. The van der Waals surface area contributed by atoms with Crippen molar-refractivity contribution >= 4 is 11.7 Å². The van der Waals surface area contributed by atoms with Gasteiger partial charge in [-0.05, 0) is 36.3 Å². The molecule has 4 atom stereocenters. The molecule has 2 unspecified atom stereocenters. The molecule has 6 heteroatoms. The van der Waals surface area contributed by atoms with Crippen LogP contribution in [0.15, 0.2) is 52.7 Å². The van der Waals surface area contributed by atoms with E-state index in [4.69, 9.17) is 0 Å². The number of Topliss-reactive ketones (excluding diaryl/α,β-unsaturated/α-hetero) is 1. The molecule has 0 aromatic heterocycles. The van der Waals surface area contributed by atoms with Gasteiger partial charge in [-0.25, -0.2) is 0 Å². The first-order valence-electron chi connectivity index (χ1n) is 9.15. The first kappa shape index (κ1) is 17.2. The van der Waals surface area contributed by atoms with Gasteiger partial charge < -0.3 is 5.11 Å². The fourth-order valence-electron chi connectivity index (χ4n) is 4.66. The van der Waals surface area contributed by atoms with Crippen molar-refractivity contribution in [2.24, 2.45) is 22.1 Å². The van der Waals surface area contributed by atoms with Crippen LogP contribution in [0.5, 0.6) is 0 Å². The molecule has 3 aliphatic rings. The summed E-state index contributed by atoms with van der Waals surface area (Å²) in [6.45, 7) is 1.99. The Bertz CT molecular complexity index is 729. The number of likely N-dealkylation sites (tertiary alicyclic amines) is 1. The number of benzene rings is 1. The van der Waals surface area contributed by atoms with Crippen molar-refractivity contribution < 1.29 is 14.7 Å². The molecule has 1 aliphatic carbocycles. The fourth-order valence-corrected chi connectivity index (χ4v) is 4.66. The largest absolute Gasteiger partial charge is 0.390 e. The molecule has 6 nitrogen and oxygen atoms in total. The molecule has 1 aromatic carbocycles. The van der Waals surface area contributed by atoms with Crippen LogP contribution >= 0.6 is 0 Å². The zero-order valence-corrected chi connectivity index (χ0v) is 14.6. The highest BCUT2D eigenvalue weighted by Crippen LogP contribution is 2.45. The predicted molar refractivity (Wildman–Crippen MR) is 95.5 cm³/mol. The lowest BCUT2D eigenvalue weighted by atomic mass is 9.91. The highest BCUT2D eigenvalue weighted by Gasteiger charge is 2.48. The van der Waals surface area contributed by atoms with Crippen molar-refractivity contribution in [2.45, 2.75) is 30.9 Å². The van der Waals surface area contributed by atoms with Gasteiger partial charge in [0.25, 0.3) is 5.91 Å². The zero-order chi connectivity index (χ0) is 18.1. The van der Waals surface area contributed by atoms with E-state index in [1.807, 2.05) is 18.2 Å². The second-order valence-electron chi connectivity index (χ2n) is 7.83. The number of rotatable bonds is 5. The molecule has 1 saturated heterocycles. The summed E-state index contributed by atoms with van der Waals surface area (Å²) in [5.74, 6) is 0.419. The molecule has 1 N–H and O–H groups in total. The summed E-state index contributed by atoms with van der Waals surface area (Å²) in [4.78, 5) is 25.5. The number of hydrogen-bond acceptors (Lipinski definition) is 5. The first-order chi connectivity index (χ1) is 12.5. The van der Waals surface area contributed by atoms with Crippen LogP contribution < -0.4 is 0 Å². The van der Waals surface area contributed by atoms with Crippen molar-refractivity contribution in [3.05, 3.63) is 48.0 Å². The lowest BCUT2D eigenvalue weighted by Gasteiger charge is -2.26. The molecule has 4 rings (SSSR count). The summed E-state index contributed by atoms with van der Waals surface area (Å²) >= 11 is 0. The van der Waals surface area contributed by atoms with E-state index in [-0.39, 0.29) is 5.78 Å². The number of carbonyl (C=O) groups excluding carboxylic acids is 2. The third kappa shape index (κ3) is 3.66. The zero-order valence-electron chi connectivity index (χ0n) is 14.6. The van der Waals surface area contributed by atoms with E-state index in [1.54, 1.807) is 0 Å². The number of fused-ring (bicyclic) bond motifs is 1. The van der Waals surface area contributed by atoms with Gasteiger partial charge in [0.15, 0.2) is 5.78 Å². The van der Waals surface area contributed by atoms with Gasteiger partial charge in [-0.3, -0.25) is 14.5 Å². The average Bonchev–Trinajstić information content (AvgIpc) is 3.10. The maximum atomic E-state index is 12.3. The standard InChI is InChI=1S/C20H23N3O3/c24-18(17-6-7-19(25)22-21-17)13-23-11-15-9-20(26,10-16(15)12-23)8-14-4-2-1-3-5-14/h1-7,15-17,26H,8-13H2/t15-,16+,17?,20?. The number of ketones is 1. The van der Waals surface area contributed by atoms with E-state index in [0.717, 1.165) is 25.9 Å². The quantitative estimate of drug-likeness (QED) is 0.875. The minimum Gasteiger partial charge on any atom is -0.390 e. The molecule has 26 heavy (non-hydrogen) atoms. The average molecular weight is 353 g/mol. The third-order valence-corrected chi connectivity index (χ3v) is 5.72. The Morgan fingerprint density at radius 2 is 1.88 bits per heavy atom. The lowest BCUT2D eigenvalue weighted by Crippen LogP contribution is -2.36. The second kappa shape index (κ2) is 6.85. The minimum absolute atomic E-state index is 0.0305. The molecule has 2 heterocycles. The van der Waals surface area contributed by atoms with E-state index in [9.17, 15) is 14.7 Å². The fraction of sp³-hybridized carbons (Fsp3) is 0.500. The number of nitrogens with zero attached hydrogens (tertiary/aromatic N) is 3. The van der Waals surface area contributed by atoms with Gasteiger partial charge in [-0.15, -0.1) is 5.11 Å². The Labute approximate surface area is 152 Å². The van der Waals surface area contributed by atoms with Crippen LogP contribution in [0.1, 0.15) is 18.4 Å². The van der Waals surface area contributed by atoms with Gasteiger partial charge in [-0.2, -0.15) is 5.11 Å². The Balaban J connectivity index is 1.31. The summed E-state index contributed by atoms with van der Waals surface area (Å²) in [5, 5.41) is 18.2. The normalized spacial score (nSPS) is 33.6. The topological polar surface area (TPSA) is 82.3 Å². The van der Waals surface area contributed by atoms with Gasteiger partial charge >= 0.3 is 0 Å². The highest BCUT2D eigenvalue weighted by molar-refractivity contribution is 5.94. The Morgan fingerprint density at radius 1 is 1.19 bits per heavy atom. The van der Waals surface area contributed by atoms with Gasteiger partial charge in [0.1, 0.15) is 6.04 Å². The van der Waals surface area contributed by atoms with E-state index in [2.05, 4.69) is 27.3 Å². The van der Waals surface area contributed by atoms with Crippen LogP contribution in [-0.4, -0.2) is 53.0 Å². The summed E-state index contributed by atoms with van der Waals surface area (Å²) in [7, 11) is 0. The van der Waals surface area contributed by atoms with Crippen molar-refractivity contribution in [1.82, 2.24) is 4.90 Å². The predicted octanol–water partition coefficient (Wildman–Crippen LogP) is 1.79. The summed E-state index contributed by atoms with van der Waals surface area (Å²) in [5.41, 5.74) is 0.541. The van der Waals surface area contributed by atoms with Crippen LogP contribution in [0.2, 0.25) is 0 Å². The highest BCUT2D eigenvalue weighted by atomic mass is 16.3. The van der Waals surface area contributed by atoms with Gasteiger partial charge in [-0.1, -0.05) is 30.3 Å². The molecule has 1 amide bonds. The van der Waals surface area contributed by atoms with E-state index >= 15 is 0 Å². The first-order valence-corrected chi connectivity index (χ1v) is 9.15. The molecule has 136 valence electrons. The van der Waals surface area contributed by atoms with Gasteiger partial charge in [0.2, 0.25) is 0 Å². The molecule has 2 aliphatic heterocycles. The SMILES string of the molecule is O=C1C=CC(C(=O)CN2C[C@@H]3CC(O)(Cc4ccccc4)C[C@@H]3C2)N=N1. The van der Waals surface area contributed by atoms with Crippen LogP contribution in [0, 0.1) is 11.8 Å². The second-order valence-corrected chi connectivity index (χ2v) is 7.83. The van der Waals surface area contributed by atoms with Crippen LogP contribution in [0.4, 0.5) is 0 Å². The maximum Gasteiger partial charge on any atom is 0.287 e. The van der Waals surface area contributed by atoms with Crippen LogP contribution in [0.25, 0.3) is 0 Å². The lowest BCUT2D eigenvalue weighted by molar-refractivity contribution is -0.120. The molecule has 0 spiro atoms. The number of carbonyl (C=O) groups is 2. The van der Waals surface area contributed by atoms with E-state index in [0.29, 0.717) is 24.8 Å². The number of azo groups is 1. The monoisotopic (exact) mass is 353 g/mol. The van der Waals surface area contributed by atoms with Crippen molar-refractivity contribution in [2.75, 3.05) is 19.6 Å². The molecule has 0 radical (unpaired) electrons. The molecular formula is C20H23N3O3. The molecule has 0 bridgehead atoms. The van der Waals surface area contributed by atoms with Crippen molar-refractivity contribution in [1.29, 1.82) is 0 Å². The summed E-state index contributed by atoms with van der Waals surface area (Å²) in [6.07, 6.45) is 5.09. The van der Waals surface area contributed by atoms with E-state index < -0.39 is 17.6 Å². The molecule has 1 saturated carbocycles. The van der Waals surface area contributed by atoms with Crippen molar-refractivity contribution in [3.8, 4) is 0 Å². The van der Waals surface area contributed by atoms with Crippen LogP contribution in [-0.2, 0) is 16.0 Å². The van der Waals surface area contributed by atoms with Crippen molar-refractivity contribution in [3.63, 3.8) is 0 Å².